The predicted molar refractivity (Wildman–Crippen MR) is 99.3 cm³/mol. The van der Waals surface area contributed by atoms with Gasteiger partial charge in [0.25, 0.3) is 0 Å². The molecule has 0 aliphatic carbocycles. The maximum absolute atomic E-state index is 11.9. The summed E-state index contributed by atoms with van der Waals surface area (Å²) in [6.45, 7) is 6.30. The third-order valence-corrected chi connectivity index (χ3v) is 5.19. The average Bonchev–Trinajstić information content (AvgIpc) is 2.70. The Balaban J connectivity index is 0.00000400. The molecule has 0 aliphatic rings. The van der Waals surface area contributed by atoms with Crippen molar-refractivity contribution >= 4 is 62.9 Å². The lowest BCUT2D eigenvalue weighted by Crippen LogP contribution is -2.45. The van der Waals surface area contributed by atoms with Crippen LogP contribution in [-0.2, 0) is 10.0 Å². The quantitative estimate of drug-likeness (QED) is 0.268. The second-order valence-electron chi connectivity index (χ2n) is 5.10. The van der Waals surface area contributed by atoms with E-state index in [2.05, 4.69) is 15.0 Å². The highest BCUT2D eigenvalue weighted by Gasteiger charge is 2.15. The van der Waals surface area contributed by atoms with Gasteiger partial charge < -0.3 is 11.1 Å². The van der Waals surface area contributed by atoms with E-state index in [0.29, 0.717) is 4.34 Å². The van der Waals surface area contributed by atoms with Crippen LogP contribution in [0.25, 0.3) is 0 Å². The number of rotatable bonds is 5. The van der Waals surface area contributed by atoms with E-state index in [4.69, 9.17) is 17.3 Å². The number of nitrogens with one attached hydrogen (secondary N) is 2. The number of nitrogens with two attached hydrogens (primary N) is 1. The van der Waals surface area contributed by atoms with Crippen molar-refractivity contribution in [1.29, 1.82) is 0 Å². The fraction of sp³-hybridized carbons (Fsp3) is 0.545. The molecule has 0 atom stereocenters. The van der Waals surface area contributed by atoms with Crippen LogP contribution >= 0.6 is 46.9 Å². The molecule has 0 fully saturated rings. The summed E-state index contributed by atoms with van der Waals surface area (Å²) in [4.78, 5) is 4.05. The lowest BCUT2D eigenvalue weighted by Gasteiger charge is -2.20. The average molecular weight is 467 g/mol. The Labute approximate surface area is 151 Å². The molecule has 4 N–H and O–H groups in total. The van der Waals surface area contributed by atoms with E-state index >= 15 is 0 Å². The Morgan fingerprint density at radius 1 is 1.43 bits per heavy atom. The van der Waals surface area contributed by atoms with Crippen LogP contribution in [0.1, 0.15) is 20.8 Å². The lowest BCUT2D eigenvalue weighted by atomic mass is 10.1. The highest BCUT2D eigenvalue weighted by Crippen LogP contribution is 2.25. The van der Waals surface area contributed by atoms with E-state index in [9.17, 15) is 8.42 Å². The van der Waals surface area contributed by atoms with E-state index in [1.807, 2.05) is 20.8 Å². The smallest absolute Gasteiger partial charge is 0.250 e. The summed E-state index contributed by atoms with van der Waals surface area (Å²) in [5, 5.41) is 2.99. The summed E-state index contributed by atoms with van der Waals surface area (Å²) in [5.41, 5.74) is 5.49. The molecule has 0 bridgehead atoms. The van der Waals surface area contributed by atoms with Crippen molar-refractivity contribution in [2.75, 3.05) is 13.1 Å². The molecule has 0 aliphatic heterocycles. The number of halogens is 2. The van der Waals surface area contributed by atoms with Crippen molar-refractivity contribution in [2.24, 2.45) is 10.7 Å². The third-order valence-electron chi connectivity index (χ3n) is 2.00. The number of aliphatic imine (C=N–C) groups is 1. The first-order valence-electron chi connectivity index (χ1n) is 5.93. The number of nitrogens with zero attached hydrogens (tertiary/aromatic N) is 1. The van der Waals surface area contributed by atoms with Crippen molar-refractivity contribution in [3.63, 3.8) is 0 Å². The minimum atomic E-state index is -3.52. The minimum absolute atomic E-state index is 0. The van der Waals surface area contributed by atoms with Crippen LogP contribution in [0.2, 0.25) is 4.34 Å². The zero-order valence-corrected chi connectivity index (χ0v) is 16.7. The summed E-state index contributed by atoms with van der Waals surface area (Å²) in [5.74, 6) is 0.288. The van der Waals surface area contributed by atoms with Crippen LogP contribution in [0.4, 0.5) is 0 Å². The van der Waals surface area contributed by atoms with Crippen LogP contribution in [-0.4, -0.2) is 33.0 Å². The molecule has 21 heavy (non-hydrogen) atoms. The van der Waals surface area contributed by atoms with Gasteiger partial charge in [-0.05, 0) is 32.9 Å². The van der Waals surface area contributed by atoms with Crippen LogP contribution in [0.3, 0.4) is 0 Å². The van der Waals surface area contributed by atoms with Crippen molar-refractivity contribution in [2.45, 2.75) is 30.5 Å². The number of guanidine groups is 1. The van der Waals surface area contributed by atoms with Crippen LogP contribution in [0.5, 0.6) is 0 Å². The first-order valence-corrected chi connectivity index (χ1v) is 8.61. The molecule has 6 nitrogen and oxygen atoms in total. The fourth-order valence-corrected chi connectivity index (χ4v) is 3.84. The summed E-state index contributed by atoms with van der Waals surface area (Å²) in [6, 6.07) is 3.01. The molecule has 10 heteroatoms. The van der Waals surface area contributed by atoms with Gasteiger partial charge in [0.2, 0.25) is 10.0 Å². The van der Waals surface area contributed by atoms with Gasteiger partial charge in [0.15, 0.2) is 5.96 Å². The summed E-state index contributed by atoms with van der Waals surface area (Å²) < 4.78 is 26.8. The first kappa shape index (κ1) is 20.9. The highest BCUT2D eigenvalue weighted by molar-refractivity contribution is 14.0. The fourth-order valence-electron chi connectivity index (χ4n) is 1.29. The first-order chi connectivity index (χ1) is 9.10. The molecule has 0 spiro atoms. The molecule has 1 rings (SSSR count). The van der Waals surface area contributed by atoms with Gasteiger partial charge in [0.05, 0.1) is 10.9 Å². The second kappa shape index (κ2) is 8.51. The Bertz CT molecular complexity index is 581. The molecule has 0 radical (unpaired) electrons. The zero-order valence-electron chi connectivity index (χ0n) is 12.0. The van der Waals surface area contributed by atoms with Crippen molar-refractivity contribution in [1.82, 2.24) is 10.0 Å². The number of hydrogen-bond acceptors (Lipinski definition) is 4. The van der Waals surface area contributed by atoms with Crippen molar-refractivity contribution < 1.29 is 8.42 Å². The highest BCUT2D eigenvalue weighted by atomic mass is 127. The van der Waals surface area contributed by atoms with Crippen molar-refractivity contribution in [3.8, 4) is 0 Å². The number of thiophene rings is 1. The maximum atomic E-state index is 11.9. The van der Waals surface area contributed by atoms with Gasteiger partial charge in [-0.2, -0.15) is 0 Å². The van der Waals surface area contributed by atoms with E-state index in [-0.39, 0.29) is 52.8 Å². The van der Waals surface area contributed by atoms with Gasteiger partial charge in [-0.3, -0.25) is 4.99 Å². The largest absolute Gasteiger partial charge is 0.370 e. The molecule has 1 aromatic heterocycles. The maximum Gasteiger partial charge on any atom is 0.250 e. The Hall–Kier alpha value is -0.1000. The normalized spacial score (nSPS) is 12.9. The standard InChI is InChI=1S/C11H19ClN4O2S2.HI/c1-11(2,3)16-10(13)14-6-7-15-20(17,18)9-5-4-8(12)19-9;/h4-5,15H,6-7H2,1-3H3,(H3,13,14,16);1H. The summed E-state index contributed by atoms with van der Waals surface area (Å²) in [6.07, 6.45) is 0. The molecule has 0 amide bonds. The topological polar surface area (TPSA) is 96.6 Å². The van der Waals surface area contributed by atoms with Crippen molar-refractivity contribution in [3.05, 3.63) is 16.5 Å². The van der Waals surface area contributed by atoms with Gasteiger partial charge in [0.1, 0.15) is 4.21 Å². The molecule has 0 saturated heterocycles. The predicted octanol–water partition coefficient (Wildman–Crippen LogP) is 2.00. The van der Waals surface area contributed by atoms with Gasteiger partial charge >= 0.3 is 0 Å². The summed E-state index contributed by atoms with van der Waals surface area (Å²) >= 11 is 6.72. The number of hydrogen-bond donors (Lipinski definition) is 3. The molecular weight excluding hydrogens is 447 g/mol. The monoisotopic (exact) mass is 466 g/mol. The van der Waals surface area contributed by atoms with Crippen LogP contribution in [0, 0.1) is 0 Å². The van der Waals surface area contributed by atoms with E-state index in [0.717, 1.165) is 11.3 Å². The molecular formula is C11H20ClIN4O2S2. The van der Waals surface area contributed by atoms with Crippen LogP contribution < -0.4 is 15.8 Å². The van der Waals surface area contributed by atoms with Gasteiger partial charge in [-0.25, -0.2) is 13.1 Å². The lowest BCUT2D eigenvalue weighted by molar-refractivity contribution is 0.508. The van der Waals surface area contributed by atoms with E-state index < -0.39 is 10.0 Å². The third kappa shape index (κ3) is 8.19. The molecule has 0 saturated carbocycles. The van der Waals surface area contributed by atoms with Gasteiger partial charge in [0, 0.05) is 12.1 Å². The Morgan fingerprint density at radius 2 is 2.05 bits per heavy atom. The second-order valence-corrected chi connectivity index (χ2v) is 8.81. The Morgan fingerprint density at radius 3 is 2.52 bits per heavy atom. The molecule has 122 valence electrons. The molecule has 0 aromatic carbocycles. The van der Waals surface area contributed by atoms with Gasteiger partial charge in [-0.1, -0.05) is 11.6 Å². The zero-order chi connectivity index (χ0) is 15.4. The summed E-state index contributed by atoms with van der Waals surface area (Å²) in [7, 11) is -3.52. The molecule has 1 aromatic rings. The van der Waals surface area contributed by atoms with Crippen LogP contribution in [0.15, 0.2) is 21.3 Å². The SMILES string of the molecule is CC(C)(C)NC(N)=NCCNS(=O)(=O)c1ccc(Cl)s1.I. The van der Waals surface area contributed by atoms with Gasteiger partial charge in [-0.15, -0.1) is 35.3 Å². The number of sulfonamides is 1. The van der Waals surface area contributed by atoms with E-state index in [1.165, 1.54) is 6.07 Å². The molecule has 1 heterocycles. The Kier molecular flexibility index (Phi) is 8.47. The molecule has 0 unspecified atom stereocenters. The van der Waals surface area contributed by atoms with E-state index in [1.54, 1.807) is 6.07 Å². The minimum Gasteiger partial charge on any atom is -0.370 e.